The van der Waals surface area contributed by atoms with Crippen LogP contribution in [0, 0.1) is 0 Å². The standard InChI is InChI=1S/C69H66N2/c1-5-9-11-13-17-30-57-49-61(58-33-20-16-21-34-58)51-62(50-57)59-41-45-64(46-42-59)71(63-43-39-55(40-44-63)32-25-31-54(8-4)48-56-28-18-15-19-29-56)65-36-26-35-60(52-65)66(27-7-3)68-53-70(47-24-14-12-10-6-2)69-38-23-22-37-67(68)69/h5,7-9,11-23,25-31,33-46,49-53H,3,6,10,24,32,47-48H2,1-2,4H3/b9-5-,13-11-,14-12-,30-17+,31-25-,54-8+,66-27-. The summed E-state index contributed by atoms with van der Waals surface area (Å²) < 4.78 is 2.41. The van der Waals surface area contributed by atoms with Gasteiger partial charge in [0.05, 0.1) is 0 Å². The Morgan fingerprint density at radius 3 is 1.97 bits per heavy atom. The van der Waals surface area contributed by atoms with Crippen molar-refractivity contribution < 1.29 is 0 Å². The van der Waals surface area contributed by atoms with Gasteiger partial charge in [-0.2, -0.15) is 0 Å². The number of unbranched alkanes of at least 4 members (excludes halogenated alkanes) is 1. The number of aromatic nitrogens is 1. The van der Waals surface area contributed by atoms with E-state index in [1.165, 1.54) is 56.3 Å². The molecule has 0 radical (unpaired) electrons. The van der Waals surface area contributed by atoms with E-state index in [2.05, 4.69) is 273 Å². The molecule has 0 aliphatic heterocycles. The van der Waals surface area contributed by atoms with Crippen LogP contribution in [0.1, 0.15) is 67.9 Å². The highest BCUT2D eigenvalue weighted by molar-refractivity contribution is 5.98. The van der Waals surface area contributed by atoms with E-state index in [9.17, 15) is 0 Å². The molecule has 0 saturated heterocycles. The average Bonchev–Trinajstić information content (AvgIpc) is 3.78. The fourth-order valence-corrected chi connectivity index (χ4v) is 9.12. The number of nitrogens with zero attached hydrogens (tertiary/aromatic N) is 2. The Bertz CT molecular complexity index is 3200. The molecule has 0 bridgehead atoms. The summed E-state index contributed by atoms with van der Waals surface area (Å²) in [4.78, 5) is 2.38. The molecule has 71 heavy (non-hydrogen) atoms. The minimum Gasteiger partial charge on any atom is -0.347 e. The van der Waals surface area contributed by atoms with Gasteiger partial charge >= 0.3 is 0 Å². The number of benzene rings is 7. The van der Waals surface area contributed by atoms with Crippen molar-refractivity contribution >= 4 is 39.6 Å². The maximum Gasteiger partial charge on any atom is 0.0486 e. The molecule has 0 saturated carbocycles. The molecule has 8 aromatic rings. The summed E-state index contributed by atoms with van der Waals surface area (Å²) in [6, 6.07) is 64.1. The molecule has 352 valence electrons. The van der Waals surface area contributed by atoms with Crippen molar-refractivity contribution in [3.8, 4) is 22.3 Å². The first kappa shape index (κ1) is 49.2. The van der Waals surface area contributed by atoms with Gasteiger partial charge in [0.1, 0.15) is 0 Å². The van der Waals surface area contributed by atoms with Gasteiger partial charge in [0.2, 0.25) is 0 Å². The third-order valence-corrected chi connectivity index (χ3v) is 12.8. The van der Waals surface area contributed by atoms with Crippen LogP contribution in [0.15, 0.2) is 267 Å². The normalized spacial score (nSPS) is 12.4. The molecule has 8 rings (SSSR count). The minimum atomic E-state index is 0.847. The van der Waals surface area contributed by atoms with E-state index in [4.69, 9.17) is 0 Å². The highest BCUT2D eigenvalue weighted by atomic mass is 15.1. The molecule has 0 aliphatic rings. The predicted octanol–water partition coefficient (Wildman–Crippen LogP) is 19.2. The maximum absolute atomic E-state index is 4.20. The second-order valence-corrected chi connectivity index (χ2v) is 17.8. The second kappa shape index (κ2) is 25.4. The zero-order chi connectivity index (χ0) is 49.0. The topological polar surface area (TPSA) is 8.17 Å². The van der Waals surface area contributed by atoms with E-state index in [-0.39, 0.29) is 0 Å². The maximum atomic E-state index is 4.20. The highest BCUT2D eigenvalue weighted by Crippen LogP contribution is 2.40. The zero-order valence-corrected chi connectivity index (χ0v) is 41.7. The van der Waals surface area contributed by atoms with Crippen LogP contribution in [0.4, 0.5) is 17.1 Å². The highest BCUT2D eigenvalue weighted by Gasteiger charge is 2.18. The lowest BCUT2D eigenvalue weighted by Gasteiger charge is -2.26. The van der Waals surface area contributed by atoms with E-state index in [1.54, 1.807) is 0 Å². The lowest BCUT2D eigenvalue weighted by molar-refractivity contribution is 0.735. The number of aryl methyl sites for hydroxylation is 1. The molecule has 1 aromatic heterocycles. The van der Waals surface area contributed by atoms with Crippen LogP contribution >= 0.6 is 0 Å². The van der Waals surface area contributed by atoms with Crippen LogP contribution in [0.5, 0.6) is 0 Å². The number of fused-ring (bicyclic) bond motifs is 1. The summed E-state index contributed by atoms with van der Waals surface area (Å²) in [6.45, 7) is 11.5. The van der Waals surface area contributed by atoms with E-state index in [0.717, 1.165) is 71.6 Å². The van der Waals surface area contributed by atoms with Crippen LogP contribution in [0.2, 0.25) is 0 Å². The molecule has 0 aliphatic carbocycles. The molecule has 0 fully saturated rings. The molecule has 2 nitrogen and oxygen atoms in total. The summed E-state index contributed by atoms with van der Waals surface area (Å²) in [5, 5.41) is 1.24. The number of para-hydroxylation sites is 1. The van der Waals surface area contributed by atoms with Crippen LogP contribution < -0.4 is 4.90 Å². The first-order chi connectivity index (χ1) is 35.0. The minimum absolute atomic E-state index is 0.847. The number of hydrogen-bond acceptors (Lipinski definition) is 1. The van der Waals surface area contributed by atoms with Gasteiger partial charge in [-0.05, 0) is 156 Å². The van der Waals surface area contributed by atoms with Gasteiger partial charge in [-0.3, -0.25) is 0 Å². The quantitative estimate of drug-likeness (QED) is 0.0515. The third-order valence-electron chi connectivity index (χ3n) is 12.8. The fraction of sp³-hybridized carbons (Fsp3) is 0.130. The molecule has 1 heterocycles. The fourth-order valence-electron chi connectivity index (χ4n) is 9.12. The van der Waals surface area contributed by atoms with Crippen molar-refractivity contribution in [1.82, 2.24) is 4.57 Å². The lowest BCUT2D eigenvalue weighted by Crippen LogP contribution is -2.10. The van der Waals surface area contributed by atoms with E-state index in [1.807, 2.05) is 25.2 Å². The molecule has 7 aromatic carbocycles. The van der Waals surface area contributed by atoms with Crippen molar-refractivity contribution in [1.29, 1.82) is 0 Å². The van der Waals surface area contributed by atoms with Gasteiger partial charge < -0.3 is 9.47 Å². The molecule has 0 unspecified atom stereocenters. The smallest absolute Gasteiger partial charge is 0.0486 e. The Morgan fingerprint density at radius 1 is 0.577 bits per heavy atom. The van der Waals surface area contributed by atoms with E-state index < -0.39 is 0 Å². The van der Waals surface area contributed by atoms with Gasteiger partial charge in [-0.25, -0.2) is 0 Å². The molecule has 0 amide bonds. The Kier molecular flexibility index (Phi) is 17.6. The van der Waals surface area contributed by atoms with Crippen molar-refractivity contribution in [3.05, 3.63) is 295 Å². The SMILES string of the molecule is C=C/C=C(/c1cccc(N(c2ccc(C/C=C\C(=C/C)Cc3ccccc3)cc2)c2ccc(-c3cc(/C=C/C=C\C=C/C)cc(-c4ccccc4)c3)cc2)c1)c1cn(CC/C=C\CCC)c2ccccc12. The Hall–Kier alpha value is -8.20. The van der Waals surface area contributed by atoms with Crippen molar-refractivity contribution in [2.24, 2.45) is 0 Å². The van der Waals surface area contributed by atoms with Crippen LogP contribution in [0.3, 0.4) is 0 Å². The van der Waals surface area contributed by atoms with Gasteiger partial charge in [0.25, 0.3) is 0 Å². The monoisotopic (exact) mass is 923 g/mol. The summed E-state index contributed by atoms with van der Waals surface area (Å²) in [5.41, 5.74) is 17.7. The number of hydrogen-bond donors (Lipinski definition) is 0. The summed E-state index contributed by atoms with van der Waals surface area (Å²) in [7, 11) is 0. The van der Waals surface area contributed by atoms with Gasteiger partial charge in [-0.15, -0.1) is 0 Å². The van der Waals surface area contributed by atoms with E-state index >= 15 is 0 Å². The molecule has 0 spiro atoms. The second-order valence-electron chi connectivity index (χ2n) is 17.8. The molecular weight excluding hydrogens is 857 g/mol. The first-order valence-electron chi connectivity index (χ1n) is 25.2. The van der Waals surface area contributed by atoms with Crippen LogP contribution in [-0.2, 0) is 19.4 Å². The zero-order valence-electron chi connectivity index (χ0n) is 41.7. The Morgan fingerprint density at radius 2 is 1.25 bits per heavy atom. The molecule has 0 atom stereocenters. The number of rotatable bonds is 21. The Labute approximate surface area is 423 Å². The molecular formula is C69H66N2. The summed E-state index contributed by atoms with van der Waals surface area (Å²) in [6.07, 6.45) is 35.4. The number of allylic oxidation sites excluding steroid dienone is 13. The molecule has 0 N–H and O–H groups in total. The summed E-state index contributed by atoms with van der Waals surface area (Å²) in [5.74, 6) is 0. The third kappa shape index (κ3) is 13.1. The molecule has 2 heteroatoms. The summed E-state index contributed by atoms with van der Waals surface area (Å²) >= 11 is 0. The lowest BCUT2D eigenvalue weighted by atomic mass is 9.95. The van der Waals surface area contributed by atoms with Gasteiger partial charge in [0.15, 0.2) is 0 Å². The first-order valence-corrected chi connectivity index (χ1v) is 25.2. The largest absolute Gasteiger partial charge is 0.347 e. The average molecular weight is 923 g/mol. The van der Waals surface area contributed by atoms with Crippen LogP contribution in [0.25, 0.3) is 44.8 Å². The van der Waals surface area contributed by atoms with Gasteiger partial charge in [-0.1, -0.05) is 214 Å². The number of anilines is 3. The van der Waals surface area contributed by atoms with Crippen molar-refractivity contribution in [3.63, 3.8) is 0 Å². The van der Waals surface area contributed by atoms with Crippen molar-refractivity contribution in [2.75, 3.05) is 4.90 Å². The van der Waals surface area contributed by atoms with E-state index in [0.29, 0.717) is 0 Å². The van der Waals surface area contributed by atoms with Crippen molar-refractivity contribution in [2.45, 2.75) is 59.4 Å². The van der Waals surface area contributed by atoms with Crippen LogP contribution in [-0.4, -0.2) is 4.57 Å². The van der Waals surface area contributed by atoms with Gasteiger partial charge in [0, 0.05) is 46.3 Å². The Balaban J connectivity index is 1.16. The predicted molar refractivity (Wildman–Crippen MR) is 310 cm³/mol.